The molecule has 2 aliphatic rings. The van der Waals surface area contributed by atoms with Gasteiger partial charge in [-0.05, 0) is 92.3 Å². The van der Waals surface area contributed by atoms with E-state index in [1.807, 2.05) is 55.5 Å². The standard InChI is InChI=1S/C46H47N5O6/c1-9-30-24(2)36-22-40-31(17-16-29-15-14-28-12-10-11-13-34(28)47-29)25(3)35(49-40)21-37-26(4)32(18-19-41(52)55-6)44(50-37)33(20-42(53)56-7)45-43(46(54)57-8)27(5)38(51-45)23-39(30)48-36/h10-17,21-23,26,32,49,51H,9,18-20H2,1-8H3/b17-16+,35-21?,36-22?,37-21?,38-23?,39-23?,40-22?,44-33?,45-33?/t26-,32-/m0/s1. The maximum atomic E-state index is 13.6. The highest BCUT2D eigenvalue weighted by molar-refractivity contribution is 6.04. The summed E-state index contributed by atoms with van der Waals surface area (Å²) < 4.78 is 15.6. The van der Waals surface area contributed by atoms with E-state index in [2.05, 4.69) is 55.9 Å². The molecule has 57 heavy (non-hydrogen) atoms. The normalized spacial score (nSPS) is 15.4. The minimum absolute atomic E-state index is 0.137. The smallest absolute Gasteiger partial charge is 0.340 e. The Kier molecular flexibility index (Phi) is 10.9. The Labute approximate surface area is 331 Å². The molecule has 4 aromatic heterocycles. The number of hydrogen-bond acceptors (Lipinski definition) is 9. The number of aromatic nitrogens is 5. The summed E-state index contributed by atoms with van der Waals surface area (Å²) in [5.74, 6) is -1.90. The van der Waals surface area contributed by atoms with E-state index < -0.39 is 11.9 Å². The largest absolute Gasteiger partial charge is 0.469 e. The summed E-state index contributed by atoms with van der Waals surface area (Å²) in [6, 6.07) is 18.2. The summed E-state index contributed by atoms with van der Waals surface area (Å²) in [4.78, 5) is 61.8. The number of esters is 3. The van der Waals surface area contributed by atoms with Crippen molar-refractivity contribution >= 4 is 74.2 Å². The SMILES string of the molecule is CCC1=C(C)c2cc3[nH]c(cc4nc(c(CC(=O)OC)c5[nH]c(cc1n2)c(C)c5C(=O)OC)[C@@H](CCC(=O)OC)[C@@H]4C)c(C)c3/C=C/c1ccc2ccccc2n1. The molecule has 0 spiro atoms. The van der Waals surface area contributed by atoms with Crippen LogP contribution in [0.1, 0.15) is 113 Å². The molecule has 0 fully saturated rings. The van der Waals surface area contributed by atoms with Crippen molar-refractivity contribution in [3.05, 3.63) is 111 Å². The van der Waals surface area contributed by atoms with Crippen molar-refractivity contribution < 1.29 is 28.6 Å². The third-order valence-electron chi connectivity index (χ3n) is 11.4. The summed E-state index contributed by atoms with van der Waals surface area (Å²) in [5, 5.41) is 1.08. The first-order valence-corrected chi connectivity index (χ1v) is 19.2. The van der Waals surface area contributed by atoms with Crippen molar-refractivity contribution in [1.82, 2.24) is 24.9 Å². The quantitative estimate of drug-likeness (QED) is 0.111. The maximum absolute atomic E-state index is 13.6. The molecular weight excluding hydrogens is 719 g/mol. The monoisotopic (exact) mass is 765 g/mol. The first-order valence-electron chi connectivity index (χ1n) is 19.2. The molecule has 0 amide bonds. The van der Waals surface area contributed by atoms with Crippen molar-refractivity contribution in [2.45, 2.75) is 72.1 Å². The molecule has 2 atom stereocenters. The second kappa shape index (κ2) is 16.0. The highest BCUT2D eigenvalue weighted by Crippen LogP contribution is 2.43. The Morgan fingerprint density at radius 3 is 2.26 bits per heavy atom. The number of nitrogens with zero attached hydrogens (tertiary/aromatic N) is 3. The molecule has 7 rings (SSSR count). The molecule has 0 saturated carbocycles. The first-order chi connectivity index (χ1) is 27.5. The Morgan fingerprint density at radius 2 is 1.53 bits per heavy atom. The Hall–Kier alpha value is -6.36. The zero-order chi connectivity index (χ0) is 40.5. The Bertz CT molecular complexity index is 2680. The van der Waals surface area contributed by atoms with Crippen molar-refractivity contribution in [2.24, 2.45) is 0 Å². The number of fused-ring (bicyclic) bond motifs is 9. The lowest BCUT2D eigenvalue weighted by atomic mass is 9.85. The predicted octanol–water partition coefficient (Wildman–Crippen LogP) is 9.33. The van der Waals surface area contributed by atoms with Crippen LogP contribution < -0.4 is 0 Å². The van der Waals surface area contributed by atoms with Gasteiger partial charge in [0.1, 0.15) is 0 Å². The number of carbonyl (C=O) groups is 3. The zero-order valence-electron chi connectivity index (χ0n) is 33.6. The van der Waals surface area contributed by atoms with Crippen LogP contribution >= 0.6 is 0 Å². The number of ether oxygens (including phenoxy) is 3. The van der Waals surface area contributed by atoms with E-state index in [0.29, 0.717) is 39.8 Å². The lowest BCUT2D eigenvalue weighted by molar-refractivity contribution is -0.141. The van der Waals surface area contributed by atoms with E-state index in [9.17, 15) is 14.4 Å². The van der Waals surface area contributed by atoms with Gasteiger partial charge < -0.3 is 24.2 Å². The van der Waals surface area contributed by atoms with Gasteiger partial charge in [-0.25, -0.2) is 14.8 Å². The van der Waals surface area contributed by atoms with Gasteiger partial charge in [-0.2, -0.15) is 0 Å². The van der Waals surface area contributed by atoms with Gasteiger partial charge in [0.2, 0.25) is 0 Å². The highest BCUT2D eigenvalue weighted by atomic mass is 16.5. The fourth-order valence-electron chi connectivity index (χ4n) is 8.07. The molecule has 11 nitrogen and oxygen atoms in total. The van der Waals surface area contributed by atoms with Crippen LogP contribution in [0.4, 0.5) is 0 Å². The van der Waals surface area contributed by atoms with Gasteiger partial charge in [-0.3, -0.25) is 14.6 Å². The zero-order valence-corrected chi connectivity index (χ0v) is 33.6. The molecule has 5 aromatic rings. The van der Waals surface area contributed by atoms with Gasteiger partial charge in [0, 0.05) is 57.0 Å². The molecule has 0 aliphatic carbocycles. The molecule has 2 aliphatic heterocycles. The number of nitrogens with one attached hydrogen (secondary N) is 2. The van der Waals surface area contributed by atoms with E-state index in [4.69, 9.17) is 29.2 Å². The second-order valence-corrected chi connectivity index (χ2v) is 14.6. The molecule has 8 bridgehead atoms. The molecule has 0 saturated heterocycles. The van der Waals surface area contributed by atoms with Crippen LogP contribution in [0.2, 0.25) is 0 Å². The van der Waals surface area contributed by atoms with Crippen molar-refractivity contribution in [3.63, 3.8) is 0 Å². The minimum Gasteiger partial charge on any atom is -0.469 e. The highest BCUT2D eigenvalue weighted by Gasteiger charge is 2.34. The molecule has 11 heteroatoms. The van der Waals surface area contributed by atoms with E-state index in [1.54, 1.807) is 0 Å². The van der Waals surface area contributed by atoms with E-state index in [1.165, 1.54) is 21.3 Å². The van der Waals surface area contributed by atoms with Crippen molar-refractivity contribution in [2.75, 3.05) is 21.3 Å². The van der Waals surface area contributed by atoms with Crippen LogP contribution in [0.5, 0.6) is 0 Å². The molecule has 292 valence electrons. The number of aromatic amines is 2. The van der Waals surface area contributed by atoms with Gasteiger partial charge in [-0.15, -0.1) is 0 Å². The summed E-state index contributed by atoms with van der Waals surface area (Å²) >= 11 is 0. The third-order valence-corrected chi connectivity index (χ3v) is 11.4. The lowest BCUT2D eigenvalue weighted by Gasteiger charge is -2.17. The van der Waals surface area contributed by atoms with Crippen LogP contribution in [0.15, 0.2) is 54.6 Å². The van der Waals surface area contributed by atoms with Crippen LogP contribution in [0.25, 0.3) is 56.3 Å². The predicted molar refractivity (Wildman–Crippen MR) is 223 cm³/mol. The summed E-state index contributed by atoms with van der Waals surface area (Å²) in [7, 11) is 4.03. The van der Waals surface area contributed by atoms with Gasteiger partial charge in [0.25, 0.3) is 0 Å². The number of allylic oxidation sites excluding steroid dienone is 2. The molecule has 1 aromatic carbocycles. The summed E-state index contributed by atoms with van der Waals surface area (Å²) in [6.45, 7) is 10.2. The average molecular weight is 766 g/mol. The lowest BCUT2D eigenvalue weighted by Crippen LogP contribution is -2.13. The number of benzene rings is 1. The molecule has 0 radical (unpaired) electrons. The number of methoxy groups -OCH3 is 3. The first kappa shape index (κ1) is 38.9. The van der Waals surface area contributed by atoms with E-state index in [0.717, 1.165) is 73.4 Å². The number of hydrogen-bond donors (Lipinski definition) is 2. The topological polar surface area (TPSA) is 149 Å². The summed E-state index contributed by atoms with van der Waals surface area (Å²) in [6.07, 6.45) is 5.20. The van der Waals surface area contributed by atoms with Gasteiger partial charge in [0.15, 0.2) is 0 Å². The number of H-pyrrole nitrogens is 2. The van der Waals surface area contributed by atoms with Crippen LogP contribution in [-0.4, -0.2) is 64.2 Å². The molecule has 2 N–H and O–H groups in total. The van der Waals surface area contributed by atoms with E-state index in [-0.39, 0.29) is 30.6 Å². The second-order valence-electron chi connectivity index (χ2n) is 14.6. The van der Waals surface area contributed by atoms with Crippen LogP contribution in [0, 0.1) is 13.8 Å². The number of pyridine rings is 1. The van der Waals surface area contributed by atoms with Gasteiger partial charge >= 0.3 is 17.9 Å². The Balaban J connectivity index is 1.59. The molecule has 0 unspecified atom stereocenters. The average Bonchev–Trinajstić information content (AvgIpc) is 3.90. The molecular formula is C46H47N5O6. The van der Waals surface area contributed by atoms with Gasteiger partial charge in [-0.1, -0.05) is 44.2 Å². The maximum Gasteiger partial charge on any atom is 0.340 e. The minimum atomic E-state index is -0.558. The number of rotatable bonds is 9. The van der Waals surface area contributed by atoms with Crippen molar-refractivity contribution in [3.8, 4) is 0 Å². The van der Waals surface area contributed by atoms with Gasteiger partial charge in [0.05, 0.1) is 67.1 Å². The van der Waals surface area contributed by atoms with E-state index >= 15 is 0 Å². The molecule has 6 heterocycles. The van der Waals surface area contributed by atoms with Crippen LogP contribution in [-0.2, 0) is 30.2 Å². The number of aryl methyl sites for hydroxylation is 2. The Morgan fingerprint density at radius 1 is 0.789 bits per heavy atom. The van der Waals surface area contributed by atoms with Crippen molar-refractivity contribution in [1.29, 1.82) is 0 Å². The fourth-order valence-corrected chi connectivity index (χ4v) is 8.07. The fraction of sp³-hybridized carbons (Fsp3) is 0.304. The third kappa shape index (κ3) is 7.37. The van der Waals surface area contributed by atoms with Crippen LogP contribution in [0.3, 0.4) is 0 Å². The number of carbonyl (C=O) groups excluding carboxylic acids is 3. The number of para-hydroxylation sites is 1. The summed E-state index contributed by atoms with van der Waals surface area (Å²) in [5.41, 5.74) is 13.0.